The number of hydrogen-bond donors (Lipinski definition) is 0. The first-order chi connectivity index (χ1) is 55.2. The van der Waals surface area contributed by atoms with Crippen molar-refractivity contribution in [1.82, 2.24) is 0 Å². The Kier molecular flexibility index (Phi) is 15.1. The van der Waals surface area contributed by atoms with Crippen molar-refractivity contribution in [2.24, 2.45) is 0 Å². The third-order valence-electron chi connectivity index (χ3n) is 27.8. The SMILES string of the molecule is Cc1ccc(N(c2ccc3c(c2)C(C)(C)c2ccccc2-3)c2ccc3c(c2)C(C)(C)c2cc(N(c4ccc5c(c4)C(C)(C)c4cc(N(c6ccc(C)cc6)c6ccc7c(c6)C(C)(C)c6ccccc6-7)ccc4-5)c4ccc5c(c4)C(C)(C)c4cc(N(c6ccc(C)cc6)c6ccc7c(c6)C(C)(C)c6ccccc6-7)ccc4-5)ccc2-3)cc1. The summed E-state index contributed by atoms with van der Waals surface area (Å²) in [4.78, 5) is 10.0. The predicted octanol–water partition coefficient (Wildman–Crippen LogP) is 30.3. The lowest BCUT2D eigenvalue weighted by Gasteiger charge is -2.31. The van der Waals surface area contributed by atoms with Gasteiger partial charge in [0.2, 0.25) is 0 Å². The van der Waals surface area contributed by atoms with E-state index in [9.17, 15) is 0 Å². The van der Waals surface area contributed by atoms with Crippen LogP contribution in [0, 0.1) is 20.8 Å². The monoisotopic (exact) mass is 1480 g/mol. The van der Waals surface area contributed by atoms with E-state index in [4.69, 9.17) is 0 Å². The van der Waals surface area contributed by atoms with Crippen LogP contribution < -0.4 is 19.6 Å². The quantitative estimate of drug-likeness (QED) is 0.121. The summed E-state index contributed by atoms with van der Waals surface area (Å²) in [5, 5.41) is 0. The van der Waals surface area contributed by atoms with Crippen molar-refractivity contribution in [2.75, 3.05) is 19.6 Å². The van der Waals surface area contributed by atoms with Crippen LogP contribution in [0.4, 0.5) is 68.2 Å². The topological polar surface area (TPSA) is 13.0 Å². The van der Waals surface area contributed by atoms with E-state index in [1.54, 1.807) is 0 Å². The van der Waals surface area contributed by atoms with Crippen LogP contribution in [0.1, 0.15) is 167 Å². The fraction of sp³-hybridized carbons (Fsp3) is 0.189. The molecule has 0 atom stereocenters. The molecule has 6 aliphatic rings. The second-order valence-electron chi connectivity index (χ2n) is 36.8. The fourth-order valence-corrected chi connectivity index (χ4v) is 21.3. The summed E-state index contributed by atoms with van der Waals surface area (Å²) in [7, 11) is 0. The zero-order valence-corrected chi connectivity index (χ0v) is 68.7. The van der Waals surface area contributed by atoms with Crippen LogP contribution in [-0.2, 0) is 32.5 Å². The van der Waals surface area contributed by atoms with Gasteiger partial charge in [0.1, 0.15) is 0 Å². The first-order valence-corrected chi connectivity index (χ1v) is 41.3. The third-order valence-corrected chi connectivity index (χ3v) is 27.8. The van der Waals surface area contributed by atoms with Gasteiger partial charge in [0.15, 0.2) is 0 Å². The van der Waals surface area contributed by atoms with Gasteiger partial charge in [0.25, 0.3) is 0 Å². The van der Waals surface area contributed by atoms with Crippen LogP contribution >= 0.6 is 0 Å². The van der Waals surface area contributed by atoms with E-state index in [0.29, 0.717) is 0 Å². The minimum Gasteiger partial charge on any atom is -0.310 e. The van der Waals surface area contributed by atoms with Crippen molar-refractivity contribution in [3.8, 4) is 66.8 Å². The van der Waals surface area contributed by atoms with Crippen molar-refractivity contribution in [1.29, 1.82) is 0 Å². The molecule has 0 aliphatic heterocycles. The van der Waals surface area contributed by atoms with Gasteiger partial charge in [-0.3, -0.25) is 0 Å². The second-order valence-corrected chi connectivity index (χ2v) is 36.8. The van der Waals surface area contributed by atoms with Crippen molar-refractivity contribution in [3.63, 3.8) is 0 Å². The van der Waals surface area contributed by atoms with Gasteiger partial charge >= 0.3 is 0 Å². The fourth-order valence-electron chi connectivity index (χ4n) is 21.3. The number of anilines is 12. The van der Waals surface area contributed by atoms with Gasteiger partial charge in [0.05, 0.1) is 0 Å². The van der Waals surface area contributed by atoms with E-state index in [-0.39, 0.29) is 32.5 Å². The van der Waals surface area contributed by atoms with Gasteiger partial charge in [0, 0.05) is 101 Å². The molecule has 0 N–H and O–H groups in total. The van der Waals surface area contributed by atoms with Crippen LogP contribution in [0.3, 0.4) is 0 Å². The third kappa shape index (κ3) is 10.4. The van der Waals surface area contributed by atoms with Crippen LogP contribution in [-0.4, -0.2) is 0 Å². The Labute approximate surface area is 679 Å². The number of fused-ring (bicyclic) bond motifs is 18. The molecule has 4 heteroatoms. The summed E-state index contributed by atoms with van der Waals surface area (Å²) < 4.78 is 0. The predicted molar refractivity (Wildman–Crippen MR) is 485 cm³/mol. The molecule has 0 spiro atoms. The van der Waals surface area contributed by atoms with E-state index in [0.717, 1.165) is 68.2 Å². The van der Waals surface area contributed by atoms with Crippen LogP contribution in [0.5, 0.6) is 0 Å². The molecule has 21 rings (SSSR count). The smallest absolute Gasteiger partial charge is 0.0465 e. The highest BCUT2D eigenvalue weighted by atomic mass is 15.2. The average molecular weight is 1490 g/mol. The van der Waals surface area contributed by atoms with Crippen molar-refractivity contribution < 1.29 is 0 Å². The Morgan fingerprint density at radius 3 is 0.443 bits per heavy atom. The zero-order valence-electron chi connectivity index (χ0n) is 68.7. The Bertz CT molecular complexity index is 6000. The molecule has 15 aromatic carbocycles. The molecule has 6 aliphatic carbocycles. The van der Waals surface area contributed by atoms with Crippen LogP contribution in [0.2, 0.25) is 0 Å². The number of aryl methyl sites for hydroxylation is 3. The Balaban J connectivity index is 0.684. The molecule has 4 nitrogen and oxygen atoms in total. The maximum atomic E-state index is 2.58. The lowest BCUT2D eigenvalue weighted by atomic mass is 9.81. The first-order valence-electron chi connectivity index (χ1n) is 41.3. The first kappa shape index (κ1) is 70.4. The number of benzene rings is 15. The van der Waals surface area contributed by atoms with Crippen molar-refractivity contribution in [3.05, 3.63) is 393 Å². The van der Waals surface area contributed by atoms with E-state index >= 15 is 0 Å². The molecule has 0 aromatic heterocycles. The lowest BCUT2D eigenvalue weighted by Crippen LogP contribution is -2.20. The van der Waals surface area contributed by atoms with E-state index < -0.39 is 0 Å². The maximum Gasteiger partial charge on any atom is 0.0465 e. The van der Waals surface area contributed by atoms with Gasteiger partial charge in [-0.2, -0.15) is 0 Å². The highest BCUT2D eigenvalue weighted by Crippen LogP contribution is 2.61. The summed E-state index contributed by atoms with van der Waals surface area (Å²) in [5.41, 5.74) is 47.6. The number of nitrogens with zero attached hydrogens (tertiary/aromatic N) is 4. The Morgan fingerprint density at radius 1 is 0.139 bits per heavy atom. The van der Waals surface area contributed by atoms with Gasteiger partial charge in [-0.05, 0) is 300 Å². The minimum atomic E-state index is -0.373. The average Bonchev–Trinajstić information content (AvgIpc) is 1.49. The van der Waals surface area contributed by atoms with Crippen LogP contribution in [0.25, 0.3) is 66.8 Å². The van der Waals surface area contributed by atoms with Crippen molar-refractivity contribution in [2.45, 2.75) is 136 Å². The Morgan fingerprint density at radius 2 is 0.270 bits per heavy atom. The van der Waals surface area contributed by atoms with E-state index in [1.807, 2.05) is 0 Å². The van der Waals surface area contributed by atoms with Crippen LogP contribution in [0.15, 0.2) is 309 Å². The molecule has 0 unspecified atom stereocenters. The molecule has 0 fully saturated rings. The summed E-state index contributed by atoms with van der Waals surface area (Å²) in [6.07, 6.45) is 0. The molecule has 0 amide bonds. The van der Waals surface area contributed by atoms with Gasteiger partial charge in [-0.15, -0.1) is 0 Å². The zero-order chi connectivity index (χ0) is 78.9. The van der Waals surface area contributed by atoms with E-state index in [1.165, 1.54) is 150 Å². The second kappa shape index (κ2) is 24.8. The van der Waals surface area contributed by atoms with Gasteiger partial charge in [-0.1, -0.05) is 264 Å². The standard InChI is InChI=1S/C111H96N4/c1-67-28-34-70(35-29-67)112(73-40-49-85-82-22-16-19-25-94(82)106(4,5)97(85)58-73)76-43-52-88-91-55-46-79(64-103(91)109(10,11)100(88)61-76)115(80-47-56-92-89-53-44-77(62-101(89)110(12,13)104(92)65-80)113(71-36-30-68(2)31-37-71)74-41-50-86-83-23-17-20-26-95(83)107(6,7)98(86)59-74)81-48-57-93-90-54-45-78(63-102(90)111(14,15)105(93)66-81)114(72-38-32-69(3)33-39-72)75-42-51-87-84-24-18-21-27-96(84)108(8,9)99(87)60-75/h16-66H,1-15H3. The lowest BCUT2D eigenvalue weighted by molar-refractivity contribution is 0.659. The summed E-state index contributed by atoms with van der Waals surface area (Å²) in [5.74, 6) is 0. The molecule has 0 heterocycles. The highest BCUT2D eigenvalue weighted by Gasteiger charge is 2.44. The largest absolute Gasteiger partial charge is 0.310 e. The molecular weight excluding hydrogens is 1390 g/mol. The summed E-state index contributed by atoms with van der Waals surface area (Å²) >= 11 is 0. The molecule has 115 heavy (non-hydrogen) atoms. The summed E-state index contributed by atoms with van der Waals surface area (Å²) in [6.45, 7) is 35.5. The molecule has 0 saturated heterocycles. The molecule has 0 saturated carbocycles. The van der Waals surface area contributed by atoms with Crippen molar-refractivity contribution >= 4 is 68.2 Å². The van der Waals surface area contributed by atoms with Gasteiger partial charge in [-0.25, -0.2) is 0 Å². The molecule has 0 bridgehead atoms. The summed E-state index contributed by atoms with van der Waals surface area (Å²) in [6, 6.07) is 119. The van der Waals surface area contributed by atoms with E-state index in [2.05, 4.69) is 433 Å². The maximum absolute atomic E-state index is 2.58. The molecule has 0 radical (unpaired) electrons. The molecule has 15 aromatic rings. The number of rotatable bonds is 12. The molecular formula is C111H96N4. The normalized spacial score (nSPS) is 15.7. The van der Waals surface area contributed by atoms with Gasteiger partial charge < -0.3 is 19.6 Å². The number of hydrogen-bond acceptors (Lipinski definition) is 4. The highest BCUT2D eigenvalue weighted by molar-refractivity contribution is 5.96. The Hall–Kier alpha value is -12.5. The molecule has 560 valence electrons. The minimum absolute atomic E-state index is 0.147.